The van der Waals surface area contributed by atoms with Crippen molar-refractivity contribution in [2.75, 3.05) is 0 Å². The molecule has 0 aliphatic carbocycles. The molecule has 4 rings (SSSR count). The lowest BCUT2D eigenvalue weighted by Crippen LogP contribution is -2.21. The van der Waals surface area contributed by atoms with E-state index in [4.69, 9.17) is 15.2 Å². The molecule has 140 valence electrons. The van der Waals surface area contributed by atoms with Crippen molar-refractivity contribution in [3.8, 4) is 17.7 Å². The van der Waals surface area contributed by atoms with Crippen LogP contribution in [0.5, 0.6) is 11.6 Å². The lowest BCUT2D eigenvalue weighted by molar-refractivity contribution is 0.295. The van der Waals surface area contributed by atoms with Crippen LogP contribution < -0.4 is 15.2 Å². The van der Waals surface area contributed by atoms with Crippen molar-refractivity contribution in [3.05, 3.63) is 88.2 Å². The summed E-state index contributed by atoms with van der Waals surface area (Å²) in [5.74, 6) is 0.0493. The molecule has 0 amide bonds. The quantitative estimate of drug-likeness (QED) is 0.724. The summed E-state index contributed by atoms with van der Waals surface area (Å²) in [4.78, 5) is 0. The van der Waals surface area contributed by atoms with Crippen LogP contribution in [0.25, 0.3) is 0 Å². The van der Waals surface area contributed by atoms with Crippen molar-refractivity contribution in [2.24, 2.45) is 5.73 Å². The Labute approximate surface area is 161 Å². The standard InChI is InChI=1S/C21H17FN4O2/c1-12-18-19(15(10-23)20(24)28-21(18)26-25-12)14-7-3-5-9-17(14)27-11-13-6-2-4-8-16(13)22/h2-9,19H,11,24H2,1H3,(H,25,26)/t19-/m0/s1. The second-order valence-corrected chi connectivity index (χ2v) is 6.41. The van der Waals surface area contributed by atoms with Crippen LogP contribution in [-0.2, 0) is 6.61 Å². The van der Waals surface area contributed by atoms with Gasteiger partial charge in [0.25, 0.3) is 0 Å². The van der Waals surface area contributed by atoms with Gasteiger partial charge in [-0.05, 0) is 19.1 Å². The number of rotatable bonds is 4. The van der Waals surface area contributed by atoms with E-state index in [1.54, 1.807) is 24.3 Å². The van der Waals surface area contributed by atoms with Gasteiger partial charge < -0.3 is 15.2 Å². The van der Waals surface area contributed by atoms with E-state index in [-0.39, 0.29) is 23.9 Å². The van der Waals surface area contributed by atoms with Gasteiger partial charge in [0.1, 0.15) is 29.8 Å². The molecule has 7 heteroatoms. The Morgan fingerprint density at radius 2 is 2.00 bits per heavy atom. The molecule has 0 fully saturated rings. The van der Waals surface area contributed by atoms with Crippen molar-refractivity contribution < 1.29 is 13.9 Å². The number of nitrogens with two attached hydrogens (primary N) is 1. The molecule has 2 aromatic carbocycles. The minimum Gasteiger partial charge on any atom is -0.488 e. The van der Waals surface area contributed by atoms with Gasteiger partial charge in [-0.25, -0.2) is 4.39 Å². The zero-order valence-corrected chi connectivity index (χ0v) is 15.1. The fraction of sp³-hybridized carbons (Fsp3) is 0.143. The molecular formula is C21H17FN4O2. The van der Waals surface area contributed by atoms with Crippen molar-refractivity contribution in [2.45, 2.75) is 19.4 Å². The molecule has 0 radical (unpaired) electrons. The fourth-order valence-corrected chi connectivity index (χ4v) is 3.33. The predicted octanol–water partition coefficient (Wildman–Crippen LogP) is 3.65. The summed E-state index contributed by atoms with van der Waals surface area (Å²) in [6, 6.07) is 15.9. The smallest absolute Gasteiger partial charge is 0.244 e. The highest BCUT2D eigenvalue weighted by Crippen LogP contribution is 2.45. The predicted molar refractivity (Wildman–Crippen MR) is 99.8 cm³/mol. The molecule has 0 saturated carbocycles. The highest BCUT2D eigenvalue weighted by molar-refractivity contribution is 5.57. The molecule has 2 heterocycles. The van der Waals surface area contributed by atoms with Gasteiger partial charge in [0.05, 0.1) is 5.92 Å². The third-order valence-electron chi connectivity index (χ3n) is 4.70. The van der Waals surface area contributed by atoms with E-state index < -0.39 is 5.92 Å². The zero-order chi connectivity index (χ0) is 19.7. The lowest BCUT2D eigenvalue weighted by Gasteiger charge is -2.25. The molecular weight excluding hydrogens is 359 g/mol. The van der Waals surface area contributed by atoms with Gasteiger partial charge in [0, 0.05) is 22.4 Å². The summed E-state index contributed by atoms with van der Waals surface area (Å²) < 4.78 is 25.4. The summed E-state index contributed by atoms with van der Waals surface area (Å²) in [5, 5.41) is 16.7. The Morgan fingerprint density at radius 1 is 1.25 bits per heavy atom. The number of hydrogen-bond donors (Lipinski definition) is 2. The number of H-pyrrole nitrogens is 1. The van der Waals surface area contributed by atoms with Crippen LogP contribution in [-0.4, -0.2) is 10.2 Å². The first kappa shape index (κ1) is 17.6. The first-order chi connectivity index (χ1) is 13.6. The number of hydrogen-bond acceptors (Lipinski definition) is 5. The van der Waals surface area contributed by atoms with E-state index in [1.165, 1.54) is 6.07 Å². The third kappa shape index (κ3) is 2.95. The number of para-hydroxylation sites is 1. The number of nitriles is 1. The molecule has 3 N–H and O–H groups in total. The molecule has 1 aliphatic rings. The summed E-state index contributed by atoms with van der Waals surface area (Å²) in [6.07, 6.45) is 0. The molecule has 1 aromatic heterocycles. The van der Waals surface area contributed by atoms with Gasteiger partial charge in [0.15, 0.2) is 0 Å². The second kappa shape index (κ2) is 7.08. The number of aromatic nitrogens is 2. The summed E-state index contributed by atoms with van der Waals surface area (Å²) in [6.45, 7) is 1.91. The van der Waals surface area contributed by atoms with Crippen molar-refractivity contribution in [3.63, 3.8) is 0 Å². The van der Waals surface area contributed by atoms with E-state index in [9.17, 15) is 9.65 Å². The molecule has 0 spiro atoms. The second-order valence-electron chi connectivity index (χ2n) is 6.41. The number of ether oxygens (including phenoxy) is 2. The van der Waals surface area contributed by atoms with Crippen LogP contribution in [0.15, 0.2) is 60.0 Å². The van der Waals surface area contributed by atoms with E-state index in [0.29, 0.717) is 17.2 Å². The number of halogens is 1. The lowest BCUT2D eigenvalue weighted by atomic mass is 9.83. The van der Waals surface area contributed by atoms with Gasteiger partial charge in [-0.15, -0.1) is 5.10 Å². The minimum absolute atomic E-state index is 0.00964. The molecule has 3 aromatic rings. The molecule has 1 atom stereocenters. The van der Waals surface area contributed by atoms with Crippen molar-refractivity contribution >= 4 is 0 Å². The number of fused-ring (bicyclic) bond motifs is 1. The Balaban J connectivity index is 1.76. The zero-order valence-electron chi connectivity index (χ0n) is 15.1. The Bertz CT molecular complexity index is 1110. The van der Waals surface area contributed by atoms with Crippen LogP contribution in [0.1, 0.15) is 28.3 Å². The Morgan fingerprint density at radius 3 is 2.79 bits per heavy atom. The molecule has 0 unspecified atom stereocenters. The first-order valence-electron chi connectivity index (χ1n) is 8.67. The van der Waals surface area contributed by atoms with E-state index in [1.807, 2.05) is 25.1 Å². The van der Waals surface area contributed by atoms with Gasteiger partial charge in [0.2, 0.25) is 11.8 Å². The topological polar surface area (TPSA) is 97.0 Å². The third-order valence-corrected chi connectivity index (χ3v) is 4.70. The van der Waals surface area contributed by atoms with Crippen LogP contribution >= 0.6 is 0 Å². The van der Waals surface area contributed by atoms with Gasteiger partial charge in [-0.3, -0.25) is 5.10 Å². The van der Waals surface area contributed by atoms with Gasteiger partial charge in [-0.2, -0.15) is 5.26 Å². The van der Waals surface area contributed by atoms with Crippen LogP contribution in [0.2, 0.25) is 0 Å². The molecule has 0 bridgehead atoms. The number of nitrogens with one attached hydrogen (secondary N) is 1. The van der Waals surface area contributed by atoms with E-state index >= 15 is 0 Å². The number of aromatic amines is 1. The molecule has 28 heavy (non-hydrogen) atoms. The largest absolute Gasteiger partial charge is 0.488 e. The van der Waals surface area contributed by atoms with Gasteiger partial charge >= 0.3 is 0 Å². The summed E-state index contributed by atoms with van der Waals surface area (Å²) >= 11 is 0. The average molecular weight is 376 g/mol. The number of benzene rings is 2. The summed E-state index contributed by atoms with van der Waals surface area (Å²) in [5.41, 5.74) is 8.91. The fourth-order valence-electron chi connectivity index (χ4n) is 3.33. The maximum Gasteiger partial charge on any atom is 0.244 e. The maximum absolute atomic E-state index is 13.9. The van der Waals surface area contributed by atoms with Crippen LogP contribution in [0, 0.1) is 24.1 Å². The maximum atomic E-state index is 13.9. The van der Waals surface area contributed by atoms with Crippen molar-refractivity contribution in [1.82, 2.24) is 10.2 Å². The van der Waals surface area contributed by atoms with Crippen LogP contribution in [0.3, 0.4) is 0 Å². The monoisotopic (exact) mass is 376 g/mol. The number of nitrogens with zero attached hydrogens (tertiary/aromatic N) is 2. The Kier molecular flexibility index (Phi) is 4.45. The normalized spacial score (nSPS) is 15.5. The summed E-state index contributed by atoms with van der Waals surface area (Å²) in [7, 11) is 0. The number of allylic oxidation sites excluding steroid dienone is 1. The SMILES string of the molecule is Cc1[nH]nc2c1[C@@H](c1ccccc1OCc1ccccc1F)C(C#N)=C(N)O2. The first-order valence-corrected chi connectivity index (χ1v) is 8.67. The van der Waals surface area contributed by atoms with E-state index in [2.05, 4.69) is 16.3 Å². The highest BCUT2D eigenvalue weighted by atomic mass is 19.1. The highest BCUT2D eigenvalue weighted by Gasteiger charge is 2.35. The van der Waals surface area contributed by atoms with E-state index in [0.717, 1.165) is 16.8 Å². The number of aryl methyl sites for hydroxylation is 1. The molecule has 6 nitrogen and oxygen atoms in total. The Hall–Kier alpha value is -3.79. The average Bonchev–Trinajstić information content (AvgIpc) is 3.07. The van der Waals surface area contributed by atoms with Gasteiger partial charge in [-0.1, -0.05) is 36.4 Å². The van der Waals surface area contributed by atoms with Crippen LogP contribution in [0.4, 0.5) is 4.39 Å². The molecule has 1 aliphatic heterocycles. The molecule has 0 saturated heterocycles. The minimum atomic E-state index is -0.496. The van der Waals surface area contributed by atoms with Crippen molar-refractivity contribution in [1.29, 1.82) is 5.26 Å².